The number of carbonyl (C=O) groups is 1. The minimum atomic E-state index is -0.0418. The lowest BCUT2D eigenvalue weighted by molar-refractivity contribution is -0.113. The summed E-state index contributed by atoms with van der Waals surface area (Å²) in [7, 11) is 0. The lowest BCUT2D eigenvalue weighted by Gasteiger charge is -2.08. The summed E-state index contributed by atoms with van der Waals surface area (Å²) in [6, 6.07) is 28.1. The SMILES string of the molecule is CCc1ccccc1NC(=O)CSc1nc(-c2ccccc2)c(-c2ccccc2)[nH]1. The number of aryl methyl sites for hydroxylation is 1. The lowest BCUT2D eigenvalue weighted by atomic mass is 10.1. The van der Waals surface area contributed by atoms with Crippen molar-refractivity contribution in [3.8, 4) is 22.5 Å². The van der Waals surface area contributed by atoms with Gasteiger partial charge in [0.15, 0.2) is 5.16 Å². The van der Waals surface area contributed by atoms with Crippen molar-refractivity contribution in [2.45, 2.75) is 18.5 Å². The Labute approximate surface area is 180 Å². The van der Waals surface area contributed by atoms with Crippen molar-refractivity contribution in [1.29, 1.82) is 0 Å². The zero-order chi connectivity index (χ0) is 20.8. The molecule has 4 nitrogen and oxygen atoms in total. The molecule has 1 aromatic heterocycles. The first-order valence-corrected chi connectivity index (χ1v) is 10.9. The lowest BCUT2D eigenvalue weighted by Crippen LogP contribution is -2.15. The van der Waals surface area contributed by atoms with Gasteiger partial charge in [0.05, 0.1) is 17.1 Å². The number of aromatic amines is 1. The number of aromatic nitrogens is 2. The number of H-pyrrole nitrogens is 1. The van der Waals surface area contributed by atoms with Gasteiger partial charge in [-0.25, -0.2) is 4.98 Å². The zero-order valence-corrected chi connectivity index (χ0v) is 17.6. The number of benzene rings is 3. The normalized spacial score (nSPS) is 10.7. The van der Waals surface area contributed by atoms with Gasteiger partial charge in [0.2, 0.25) is 5.91 Å². The molecule has 0 aliphatic rings. The second-order valence-corrected chi connectivity index (χ2v) is 7.81. The standard InChI is InChI=1S/C25H23N3OS/c1-2-18-11-9-10-16-21(18)26-22(29)17-30-25-27-23(19-12-5-3-6-13-19)24(28-25)20-14-7-4-8-15-20/h3-16H,2,17H2,1H3,(H,26,29)(H,27,28). The Kier molecular flexibility index (Phi) is 6.30. The van der Waals surface area contributed by atoms with Crippen molar-refractivity contribution < 1.29 is 4.79 Å². The van der Waals surface area contributed by atoms with E-state index >= 15 is 0 Å². The van der Waals surface area contributed by atoms with Gasteiger partial charge in [0.1, 0.15) is 0 Å². The van der Waals surface area contributed by atoms with Crippen LogP contribution < -0.4 is 5.32 Å². The van der Waals surface area contributed by atoms with E-state index < -0.39 is 0 Å². The maximum atomic E-state index is 12.5. The molecule has 0 unspecified atom stereocenters. The molecular weight excluding hydrogens is 390 g/mol. The number of imidazole rings is 1. The molecule has 0 fully saturated rings. The summed E-state index contributed by atoms with van der Waals surface area (Å²) in [5.74, 6) is 0.244. The summed E-state index contributed by atoms with van der Waals surface area (Å²) in [5, 5.41) is 3.74. The van der Waals surface area contributed by atoms with Crippen LogP contribution in [-0.4, -0.2) is 21.6 Å². The topological polar surface area (TPSA) is 57.8 Å². The van der Waals surface area contributed by atoms with Gasteiger partial charge in [-0.3, -0.25) is 4.79 Å². The van der Waals surface area contributed by atoms with E-state index in [0.29, 0.717) is 0 Å². The summed E-state index contributed by atoms with van der Waals surface area (Å²) in [6.07, 6.45) is 0.878. The Hall–Kier alpha value is -3.31. The number of nitrogens with one attached hydrogen (secondary N) is 2. The quantitative estimate of drug-likeness (QED) is 0.363. The molecule has 0 radical (unpaired) electrons. The first-order valence-electron chi connectivity index (χ1n) is 9.96. The van der Waals surface area contributed by atoms with E-state index in [0.717, 1.165) is 45.3 Å². The highest BCUT2D eigenvalue weighted by atomic mass is 32.2. The fraction of sp³-hybridized carbons (Fsp3) is 0.120. The number of para-hydroxylation sites is 1. The van der Waals surface area contributed by atoms with Crippen molar-refractivity contribution in [3.05, 3.63) is 90.5 Å². The average molecular weight is 414 g/mol. The van der Waals surface area contributed by atoms with E-state index in [2.05, 4.69) is 29.4 Å². The number of nitrogens with zero attached hydrogens (tertiary/aromatic N) is 1. The maximum Gasteiger partial charge on any atom is 0.234 e. The number of hydrogen-bond donors (Lipinski definition) is 2. The molecule has 0 saturated carbocycles. The smallest absolute Gasteiger partial charge is 0.234 e. The predicted molar refractivity (Wildman–Crippen MR) is 125 cm³/mol. The Morgan fingerprint density at radius 3 is 2.23 bits per heavy atom. The van der Waals surface area contributed by atoms with Crippen LogP contribution in [-0.2, 0) is 11.2 Å². The summed E-state index contributed by atoms with van der Waals surface area (Å²) >= 11 is 1.41. The molecule has 1 amide bonds. The Bertz CT molecular complexity index is 1070. The fourth-order valence-electron chi connectivity index (χ4n) is 3.31. The van der Waals surface area contributed by atoms with Gasteiger partial charge in [-0.15, -0.1) is 0 Å². The molecule has 150 valence electrons. The molecule has 1 heterocycles. The third-order valence-corrected chi connectivity index (χ3v) is 5.68. The van der Waals surface area contributed by atoms with Crippen molar-refractivity contribution >= 4 is 23.4 Å². The highest BCUT2D eigenvalue weighted by Crippen LogP contribution is 2.32. The first kappa shape index (κ1) is 20.0. The van der Waals surface area contributed by atoms with Crippen molar-refractivity contribution in [1.82, 2.24) is 9.97 Å². The molecule has 0 spiro atoms. The van der Waals surface area contributed by atoms with Gasteiger partial charge in [0, 0.05) is 16.8 Å². The number of thioether (sulfide) groups is 1. The summed E-state index contributed by atoms with van der Waals surface area (Å²) in [5.41, 5.74) is 5.96. The molecule has 0 aliphatic heterocycles. The molecule has 0 atom stereocenters. The van der Waals surface area contributed by atoms with Crippen LogP contribution in [0.4, 0.5) is 5.69 Å². The van der Waals surface area contributed by atoms with Crippen LogP contribution in [0.5, 0.6) is 0 Å². The van der Waals surface area contributed by atoms with E-state index in [9.17, 15) is 4.79 Å². The van der Waals surface area contributed by atoms with Crippen LogP contribution in [0, 0.1) is 0 Å². The zero-order valence-electron chi connectivity index (χ0n) is 16.8. The molecule has 0 bridgehead atoms. The van der Waals surface area contributed by atoms with Crippen LogP contribution >= 0.6 is 11.8 Å². The second-order valence-electron chi connectivity index (χ2n) is 6.85. The molecule has 30 heavy (non-hydrogen) atoms. The third kappa shape index (κ3) is 4.63. The minimum absolute atomic E-state index is 0.0418. The fourth-order valence-corrected chi connectivity index (χ4v) is 3.98. The van der Waals surface area contributed by atoms with Crippen LogP contribution in [0.25, 0.3) is 22.5 Å². The van der Waals surface area contributed by atoms with Gasteiger partial charge in [-0.2, -0.15) is 0 Å². The van der Waals surface area contributed by atoms with E-state index in [-0.39, 0.29) is 11.7 Å². The molecule has 2 N–H and O–H groups in total. The average Bonchev–Trinajstić information content (AvgIpc) is 3.24. The van der Waals surface area contributed by atoms with E-state index in [4.69, 9.17) is 4.98 Å². The monoisotopic (exact) mass is 413 g/mol. The third-order valence-electron chi connectivity index (χ3n) is 4.80. The summed E-state index contributed by atoms with van der Waals surface area (Å²) < 4.78 is 0. The second kappa shape index (κ2) is 9.46. The van der Waals surface area contributed by atoms with Crippen molar-refractivity contribution in [2.75, 3.05) is 11.1 Å². The van der Waals surface area contributed by atoms with E-state index in [1.54, 1.807) is 0 Å². The number of carbonyl (C=O) groups excluding carboxylic acids is 1. The molecular formula is C25H23N3OS. The largest absolute Gasteiger partial charge is 0.332 e. The van der Waals surface area contributed by atoms with Crippen LogP contribution in [0.15, 0.2) is 90.1 Å². The highest BCUT2D eigenvalue weighted by molar-refractivity contribution is 7.99. The van der Waals surface area contributed by atoms with Crippen molar-refractivity contribution in [2.24, 2.45) is 0 Å². The van der Waals surface area contributed by atoms with E-state index in [1.807, 2.05) is 72.8 Å². The predicted octanol–water partition coefficient (Wildman–Crippen LogP) is 6.04. The summed E-state index contributed by atoms with van der Waals surface area (Å²) in [4.78, 5) is 20.7. The van der Waals surface area contributed by atoms with Gasteiger partial charge >= 0.3 is 0 Å². The van der Waals surface area contributed by atoms with Crippen molar-refractivity contribution in [3.63, 3.8) is 0 Å². The van der Waals surface area contributed by atoms with Gasteiger partial charge in [-0.1, -0.05) is 97.5 Å². The Balaban J connectivity index is 1.53. The van der Waals surface area contributed by atoms with Gasteiger partial charge in [0.25, 0.3) is 0 Å². The Morgan fingerprint density at radius 2 is 1.53 bits per heavy atom. The number of rotatable bonds is 7. The minimum Gasteiger partial charge on any atom is -0.332 e. The Morgan fingerprint density at radius 1 is 0.900 bits per heavy atom. The molecule has 4 aromatic rings. The number of anilines is 1. The molecule has 3 aromatic carbocycles. The number of amides is 1. The maximum absolute atomic E-state index is 12.5. The summed E-state index contributed by atoms with van der Waals surface area (Å²) in [6.45, 7) is 2.08. The van der Waals surface area contributed by atoms with Crippen LogP contribution in [0.3, 0.4) is 0 Å². The molecule has 0 saturated heterocycles. The molecule has 5 heteroatoms. The first-order chi connectivity index (χ1) is 14.7. The van der Waals surface area contributed by atoms with E-state index in [1.165, 1.54) is 11.8 Å². The molecule has 0 aliphatic carbocycles. The highest BCUT2D eigenvalue weighted by Gasteiger charge is 2.15. The van der Waals surface area contributed by atoms with Gasteiger partial charge < -0.3 is 10.3 Å². The number of hydrogen-bond acceptors (Lipinski definition) is 3. The van der Waals surface area contributed by atoms with Crippen LogP contribution in [0.1, 0.15) is 12.5 Å². The molecule has 4 rings (SSSR count). The van der Waals surface area contributed by atoms with Gasteiger partial charge in [-0.05, 0) is 18.1 Å². The van der Waals surface area contributed by atoms with Crippen LogP contribution in [0.2, 0.25) is 0 Å².